The summed E-state index contributed by atoms with van der Waals surface area (Å²) >= 11 is 0. The van der Waals surface area contributed by atoms with Crippen LogP contribution >= 0.6 is 0 Å². The number of hydrogen-bond acceptors (Lipinski definition) is 2. The fraction of sp³-hybridized carbons (Fsp3) is 0.929. The van der Waals surface area contributed by atoms with E-state index < -0.39 is 0 Å². The highest BCUT2D eigenvalue weighted by molar-refractivity contribution is 5.75. The molecule has 0 aromatic rings. The van der Waals surface area contributed by atoms with Gasteiger partial charge in [0.05, 0.1) is 0 Å². The molecule has 3 heteroatoms. The van der Waals surface area contributed by atoms with Crippen LogP contribution in [0.3, 0.4) is 0 Å². The minimum atomic E-state index is 0.160. The molecule has 1 amide bonds. The molecule has 17 heavy (non-hydrogen) atoms. The maximum atomic E-state index is 11.3. The molecule has 100 valence electrons. The summed E-state index contributed by atoms with van der Waals surface area (Å²) in [6.07, 6.45) is 8.89. The Bertz CT molecular complexity index is 210. The van der Waals surface area contributed by atoms with Crippen LogP contribution in [0.25, 0.3) is 0 Å². The lowest BCUT2D eigenvalue weighted by atomic mass is 9.93. The topological polar surface area (TPSA) is 41.1 Å². The summed E-state index contributed by atoms with van der Waals surface area (Å²) in [7, 11) is 0. The molecular formula is C14H28N2O. The van der Waals surface area contributed by atoms with Crippen LogP contribution in [0.15, 0.2) is 0 Å². The Balaban J connectivity index is 2.14. The summed E-state index contributed by atoms with van der Waals surface area (Å²) in [6.45, 7) is 5.77. The lowest BCUT2D eigenvalue weighted by molar-refractivity contribution is -0.120. The van der Waals surface area contributed by atoms with E-state index in [1.54, 1.807) is 0 Å². The lowest BCUT2D eigenvalue weighted by Crippen LogP contribution is -2.36. The minimum Gasteiger partial charge on any atom is -0.356 e. The summed E-state index contributed by atoms with van der Waals surface area (Å²) in [4.78, 5) is 11.3. The largest absolute Gasteiger partial charge is 0.356 e. The third-order valence-corrected chi connectivity index (χ3v) is 3.80. The molecule has 1 saturated carbocycles. The number of rotatable bonds is 6. The van der Waals surface area contributed by atoms with Crippen LogP contribution in [-0.4, -0.2) is 25.0 Å². The van der Waals surface area contributed by atoms with Crippen LogP contribution in [0, 0.1) is 5.92 Å². The van der Waals surface area contributed by atoms with Gasteiger partial charge in [0.2, 0.25) is 5.91 Å². The zero-order valence-corrected chi connectivity index (χ0v) is 11.4. The van der Waals surface area contributed by atoms with E-state index in [2.05, 4.69) is 17.6 Å². The van der Waals surface area contributed by atoms with E-state index in [9.17, 15) is 4.79 Å². The van der Waals surface area contributed by atoms with Crippen molar-refractivity contribution in [3.8, 4) is 0 Å². The fourth-order valence-corrected chi connectivity index (χ4v) is 2.68. The molecule has 1 atom stereocenters. The van der Waals surface area contributed by atoms with Gasteiger partial charge in [0, 0.05) is 25.6 Å². The summed E-state index contributed by atoms with van der Waals surface area (Å²) in [5.74, 6) is 0.972. The van der Waals surface area contributed by atoms with Gasteiger partial charge in [0.25, 0.3) is 0 Å². The van der Waals surface area contributed by atoms with Gasteiger partial charge in [-0.3, -0.25) is 4.79 Å². The molecule has 0 saturated heterocycles. The van der Waals surface area contributed by atoms with E-state index in [1.807, 2.05) is 6.92 Å². The third-order valence-electron chi connectivity index (χ3n) is 3.80. The Kier molecular flexibility index (Phi) is 7.25. The zero-order chi connectivity index (χ0) is 12.5. The maximum absolute atomic E-state index is 11.3. The molecule has 0 heterocycles. The maximum Gasteiger partial charge on any atom is 0.221 e. The quantitative estimate of drug-likeness (QED) is 0.700. The molecule has 0 unspecified atom stereocenters. The average Bonchev–Trinajstić information content (AvgIpc) is 2.57. The molecule has 1 fully saturated rings. The Hall–Kier alpha value is -0.570. The van der Waals surface area contributed by atoms with E-state index in [1.165, 1.54) is 38.5 Å². The smallest absolute Gasteiger partial charge is 0.221 e. The van der Waals surface area contributed by atoms with Gasteiger partial charge in [-0.1, -0.05) is 25.7 Å². The lowest BCUT2D eigenvalue weighted by Gasteiger charge is -2.23. The van der Waals surface area contributed by atoms with Crippen molar-refractivity contribution in [3.05, 3.63) is 0 Å². The molecule has 0 aliphatic heterocycles. The molecule has 3 nitrogen and oxygen atoms in total. The van der Waals surface area contributed by atoms with E-state index in [4.69, 9.17) is 0 Å². The first-order valence-electron chi connectivity index (χ1n) is 7.24. The second-order valence-corrected chi connectivity index (χ2v) is 5.20. The van der Waals surface area contributed by atoms with Gasteiger partial charge in [0.1, 0.15) is 0 Å². The molecular weight excluding hydrogens is 212 g/mol. The first-order valence-corrected chi connectivity index (χ1v) is 7.24. The summed E-state index contributed by atoms with van der Waals surface area (Å²) in [6, 6.07) is 0.558. The van der Waals surface area contributed by atoms with E-state index >= 15 is 0 Å². The second kappa shape index (κ2) is 8.51. The normalized spacial score (nSPS) is 19.6. The van der Waals surface area contributed by atoms with Crippen molar-refractivity contribution in [2.24, 2.45) is 5.92 Å². The van der Waals surface area contributed by atoms with Crippen LogP contribution in [0.5, 0.6) is 0 Å². The van der Waals surface area contributed by atoms with E-state index in [0.717, 1.165) is 19.0 Å². The highest BCUT2D eigenvalue weighted by Gasteiger charge is 2.18. The zero-order valence-electron chi connectivity index (χ0n) is 11.4. The molecule has 0 bridgehead atoms. The van der Waals surface area contributed by atoms with Gasteiger partial charge in [-0.15, -0.1) is 0 Å². The molecule has 0 radical (unpaired) electrons. The molecule has 0 aromatic heterocycles. The summed E-state index contributed by atoms with van der Waals surface area (Å²) in [5.41, 5.74) is 0. The number of hydrogen-bond donors (Lipinski definition) is 2. The molecule has 1 aliphatic carbocycles. The van der Waals surface area contributed by atoms with Crippen molar-refractivity contribution in [1.82, 2.24) is 10.6 Å². The second-order valence-electron chi connectivity index (χ2n) is 5.20. The van der Waals surface area contributed by atoms with E-state index in [0.29, 0.717) is 12.5 Å². The summed E-state index contributed by atoms with van der Waals surface area (Å²) in [5, 5.41) is 6.34. The predicted molar refractivity (Wildman–Crippen MR) is 72.0 cm³/mol. The number of nitrogens with one attached hydrogen (secondary N) is 2. The van der Waals surface area contributed by atoms with Crippen molar-refractivity contribution >= 4 is 5.91 Å². The van der Waals surface area contributed by atoms with Gasteiger partial charge >= 0.3 is 0 Å². The van der Waals surface area contributed by atoms with Gasteiger partial charge in [-0.05, 0) is 32.6 Å². The molecule has 2 N–H and O–H groups in total. The number of amides is 1. The van der Waals surface area contributed by atoms with Crippen LogP contribution < -0.4 is 10.6 Å². The minimum absolute atomic E-state index is 0.160. The highest BCUT2D eigenvalue weighted by Crippen LogP contribution is 2.25. The fourth-order valence-electron chi connectivity index (χ4n) is 2.68. The SMILES string of the molecule is CCNC(=O)CCN[C@H](C)C1CCCCCC1. The average molecular weight is 240 g/mol. The van der Waals surface area contributed by atoms with Crippen LogP contribution in [-0.2, 0) is 4.79 Å². The first-order chi connectivity index (χ1) is 8.24. The van der Waals surface area contributed by atoms with Gasteiger partial charge in [0.15, 0.2) is 0 Å². The third kappa shape index (κ3) is 6.06. The standard InChI is InChI=1S/C14H28N2O/c1-3-15-14(17)10-11-16-12(2)13-8-6-4-5-7-9-13/h12-13,16H,3-11H2,1-2H3,(H,15,17)/t12-/m1/s1. The van der Waals surface area contributed by atoms with Crippen molar-refractivity contribution in [2.75, 3.05) is 13.1 Å². The number of carbonyl (C=O) groups excluding carboxylic acids is 1. The van der Waals surface area contributed by atoms with Crippen LogP contribution in [0.4, 0.5) is 0 Å². The van der Waals surface area contributed by atoms with E-state index in [-0.39, 0.29) is 5.91 Å². The molecule has 1 aliphatic rings. The van der Waals surface area contributed by atoms with Gasteiger partial charge < -0.3 is 10.6 Å². The molecule has 0 aromatic carbocycles. The Morgan fingerprint density at radius 1 is 1.24 bits per heavy atom. The Labute approximate surface area is 106 Å². The first kappa shape index (κ1) is 14.5. The molecule has 1 rings (SSSR count). The predicted octanol–water partition coefficient (Wildman–Crippen LogP) is 2.46. The molecule has 0 spiro atoms. The van der Waals surface area contributed by atoms with Crippen molar-refractivity contribution < 1.29 is 4.79 Å². The highest BCUT2D eigenvalue weighted by atomic mass is 16.1. The monoisotopic (exact) mass is 240 g/mol. The Morgan fingerprint density at radius 2 is 1.88 bits per heavy atom. The Morgan fingerprint density at radius 3 is 2.47 bits per heavy atom. The van der Waals surface area contributed by atoms with Crippen LogP contribution in [0.1, 0.15) is 58.8 Å². The van der Waals surface area contributed by atoms with Gasteiger partial charge in [-0.2, -0.15) is 0 Å². The summed E-state index contributed by atoms with van der Waals surface area (Å²) < 4.78 is 0. The van der Waals surface area contributed by atoms with Crippen molar-refractivity contribution in [3.63, 3.8) is 0 Å². The van der Waals surface area contributed by atoms with Crippen LogP contribution in [0.2, 0.25) is 0 Å². The van der Waals surface area contributed by atoms with Gasteiger partial charge in [-0.25, -0.2) is 0 Å². The number of carbonyl (C=O) groups is 1. The van der Waals surface area contributed by atoms with Crippen molar-refractivity contribution in [2.45, 2.75) is 64.8 Å². The van der Waals surface area contributed by atoms with Crippen molar-refractivity contribution in [1.29, 1.82) is 0 Å².